The van der Waals surface area contributed by atoms with Gasteiger partial charge in [-0.15, -0.1) is 0 Å². The van der Waals surface area contributed by atoms with Crippen molar-refractivity contribution in [1.29, 1.82) is 5.26 Å². The number of rotatable bonds is 7. The molecule has 3 aliphatic rings. The van der Waals surface area contributed by atoms with Crippen LogP contribution in [0.1, 0.15) is 80.0 Å². The lowest BCUT2D eigenvalue weighted by Gasteiger charge is -2.42. The second-order valence-corrected chi connectivity index (χ2v) is 15.7. The highest BCUT2D eigenvalue weighted by Crippen LogP contribution is 2.46. The van der Waals surface area contributed by atoms with Gasteiger partial charge in [-0.2, -0.15) is 5.26 Å². The Morgan fingerprint density at radius 3 is 2.50 bits per heavy atom. The van der Waals surface area contributed by atoms with Crippen molar-refractivity contribution in [2.45, 2.75) is 85.5 Å². The van der Waals surface area contributed by atoms with Gasteiger partial charge in [0.1, 0.15) is 23.2 Å². The van der Waals surface area contributed by atoms with E-state index in [-0.39, 0.29) is 39.9 Å². The molecule has 1 saturated heterocycles. The Bertz CT molecular complexity index is 1960. The van der Waals surface area contributed by atoms with Gasteiger partial charge in [0.25, 0.3) is 11.5 Å². The lowest BCUT2D eigenvalue weighted by molar-refractivity contribution is -0.129. The number of hydrogen-bond donors (Lipinski definition) is 0. The molecule has 0 N–H and O–H groups in total. The van der Waals surface area contributed by atoms with E-state index < -0.39 is 0 Å². The van der Waals surface area contributed by atoms with Gasteiger partial charge >= 0.3 is 0 Å². The molecule has 1 amide bonds. The van der Waals surface area contributed by atoms with Crippen molar-refractivity contribution in [3.05, 3.63) is 97.7 Å². The van der Waals surface area contributed by atoms with Gasteiger partial charge in [0, 0.05) is 74.7 Å². The Labute approximate surface area is 295 Å². The highest BCUT2D eigenvalue weighted by Gasteiger charge is 2.51. The smallest absolute Gasteiger partial charge is 0.264 e. The summed E-state index contributed by atoms with van der Waals surface area (Å²) < 4.78 is 23.2. The molecule has 1 aliphatic carbocycles. The number of hydrogen-bond acceptors (Lipinski definition) is 6. The van der Waals surface area contributed by atoms with Gasteiger partial charge in [-0.05, 0) is 85.4 Å². The number of aryl methyl sites for hydroxylation is 1. The summed E-state index contributed by atoms with van der Waals surface area (Å²) in [5.74, 6) is 0.0210. The highest BCUT2D eigenvalue weighted by molar-refractivity contribution is 5.97. The Morgan fingerprint density at radius 1 is 1.10 bits per heavy atom. The zero-order valence-corrected chi connectivity index (χ0v) is 30.8. The van der Waals surface area contributed by atoms with Crippen LogP contribution in [0.2, 0.25) is 0 Å². The number of pyridine rings is 1. The first-order valence-corrected chi connectivity index (χ1v) is 17.7. The highest BCUT2D eigenvalue weighted by atomic mass is 19.1. The molecule has 264 valence electrons. The number of carbonyl (C=O) groups excluding carboxylic acids is 1. The minimum atomic E-state index is -0.302. The van der Waals surface area contributed by atoms with Crippen LogP contribution in [0, 0.1) is 36.4 Å². The predicted octanol–water partition coefficient (Wildman–Crippen LogP) is 6.61. The molecular weight excluding hydrogens is 629 g/mol. The second kappa shape index (κ2) is 13.5. The normalized spacial score (nSPS) is 19.3. The summed E-state index contributed by atoms with van der Waals surface area (Å²) in [6, 6.07) is 12.2. The van der Waals surface area contributed by atoms with Crippen molar-refractivity contribution in [2.24, 2.45) is 12.5 Å². The van der Waals surface area contributed by atoms with Gasteiger partial charge in [-0.1, -0.05) is 45.0 Å². The number of nitrogens with zero attached hydrogens (tertiary/aromatic N) is 5. The summed E-state index contributed by atoms with van der Waals surface area (Å²) in [5.41, 5.74) is 7.17. The maximum absolute atomic E-state index is 15.9. The molecule has 0 unspecified atom stereocenters. The number of nitriles is 1. The van der Waals surface area contributed by atoms with E-state index in [1.54, 1.807) is 44.0 Å². The van der Waals surface area contributed by atoms with Gasteiger partial charge in [0.05, 0.1) is 13.2 Å². The van der Waals surface area contributed by atoms with E-state index in [4.69, 9.17) is 4.74 Å². The molecule has 1 saturated carbocycles. The number of benzene rings is 2. The van der Waals surface area contributed by atoms with Crippen molar-refractivity contribution < 1.29 is 13.9 Å². The molecule has 3 heterocycles. The molecular formula is C41H50FN5O3. The van der Waals surface area contributed by atoms with E-state index in [0.717, 1.165) is 62.1 Å². The number of halogens is 1. The average Bonchev–Trinajstić information content (AvgIpc) is 3.85. The van der Waals surface area contributed by atoms with E-state index in [0.29, 0.717) is 35.5 Å². The lowest BCUT2D eigenvalue weighted by Crippen LogP contribution is -2.54. The number of ether oxygens (including phenoxy) is 1. The van der Waals surface area contributed by atoms with Crippen LogP contribution in [0.4, 0.5) is 4.39 Å². The molecule has 2 aliphatic heterocycles. The number of fused-ring (bicyclic) bond motifs is 1. The second-order valence-electron chi connectivity index (χ2n) is 15.7. The van der Waals surface area contributed by atoms with Crippen molar-refractivity contribution in [3.63, 3.8) is 0 Å². The number of allylic oxidation sites excluding steroid dienone is 1. The Morgan fingerprint density at radius 2 is 1.84 bits per heavy atom. The van der Waals surface area contributed by atoms with Crippen LogP contribution in [0.25, 0.3) is 11.1 Å². The monoisotopic (exact) mass is 679 g/mol. The third kappa shape index (κ3) is 6.88. The van der Waals surface area contributed by atoms with E-state index in [1.165, 1.54) is 11.1 Å². The molecule has 1 atom stereocenters. The summed E-state index contributed by atoms with van der Waals surface area (Å²) in [4.78, 5) is 32.7. The van der Waals surface area contributed by atoms with Crippen molar-refractivity contribution in [2.75, 3.05) is 33.3 Å². The molecule has 8 nitrogen and oxygen atoms in total. The fourth-order valence-electron chi connectivity index (χ4n) is 7.88. The van der Waals surface area contributed by atoms with E-state index in [2.05, 4.69) is 41.0 Å². The summed E-state index contributed by atoms with van der Waals surface area (Å²) in [6.45, 7) is 16.2. The van der Waals surface area contributed by atoms with Gasteiger partial charge in [-0.25, -0.2) is 4.39 Å². The zero-order valence-electron chi connectivity index (χ0n) is 30.8. The van der Waals surface area contributed by atoms with Crippen molar-refractivity contribution >= 4 is 5.91 Å². The number of amides is 1. The third-order valence-electron chi connectivity index (χ3n) is 11.0. The molecule has 3 aromatic rings. The molecule has 2 aromatic carbocycles. The van der Waals surface area contributed by atoms with E-state index in [1.807, 2.05) is 38.7 Å². The maximum Gasteiger partial charge on any atom is 0.264 e. The Kier molecular flexibility index (Phi) is 9.57. The van der Waals surface area contributed by atoms with E-state index in [9.17, 15) is 14.9 Å². The van der Waals surface area contributed by atoms with Gasteiger partial charge in [0.2, 0.25) is 0 Å². The zero-order chi connectivity index (χ0) is 36.1. The molecule has 9 heteroatoms. The summed E-state index contributed by atoms with van der Waals surface area (Å²) in [6.07, 6.45) is 6.53. The molecule has 1 spiro atoms. The number of piperazine rings is 1. The molecule has 0 bridgehead atoms. The van der Waals surface area contributed by atoms with Crippen LogP contribution in [-0.4, -0.2) is 64.0 Å². The van der Waals surface area contributed by atoms with Crippen molar-refractivity contribution in [3.8, 4) is 22.9 Å². The summed E-state index contributed by atoms with van der Waals surface area (Å²) in [5, 5.41) is 9.77. The van der Waals surface area contributed by atoms with Crippen LogP contribution >= 0.6 is 0 Å². The number of aromatic nitrogens is 1. The van der Waals surface area contributed by atoms with Crippen molar-refractivity contribution in [1.82, 2.24) is 19.3 Å². The third-order valence-corrected chi connectivity index (χ3v) is 11.0. The van der Waals surface area contributed by atoms with Gasteiger partial charge < -0.3 is 14.2 Å². The minimum Gasteiger partial charge on any atom is -0.496 e. The largest absolute Gasteiger partial charge is 0.496 e. The minimum absolute atomic E-state index is 0.0531. The molecule has 0 radical (unpaired) electrons. The van der Waals surface area contributed by atoms with Crippen LogP contribution in [0.3, 0.4) is 0 Å². The maximum atomic E-state index is 15.9. The fraction of sp³-hybridized carbons (Fsp3) is 0.488. The first-order chi connectivity index (χ1) is 23.6. The standard InChI is InChI=1S/C41H50FN5O3/c1-26-27(2)38(48)44(7)23-34(26)31-18-36(42)35(37(19-31)50-8)24-45-15-16-46(41(25-45)12-13-41)22-29-9-10-30-11-14-47(28(3)33(30)17-29)39(49)32(21-43)20-40(4,5)6/h9-10,17-20,23,28H,11-16,22,24-25H2,1-8H3/b32-20+/t28-/m1/s1. The van der Waals surface area contributed by atoms with Crippen LogP contribution in [-0.2, 0) is 31.4 Å². The van der Waals surface area contributed by atoms with Crippen LogP contribution in [0.15, 0.2) is 53.0 Å². The van der Waals surface area contributed by atoms with Gasteiger partial charge in [-0.3, -0.25) is 19.4 Å². The average molecular weight is 680 g/mol. The van der Waals surface area contributed by atoms with Crippen LogP contribution in [0.5, 0.6) is 5.75 Å². The fourth-order valence-corrected chi connectivity index (χ4v) is 7.88. The molecule has 2 fully saturated rings. The van der Waals surface area contributed by atoms with Gasteiger partial charge in [0.15, 0.2) is 0 Å². The molecule has 6 rings (SSSR count). The summed E-state index contributed by atoms with van der Waals surface area (Å²) >= 11 is 0. The quantitative estimate of drug-likeness (QED) is 0.207. The Balaban J connectivity index is 1.16. The summed E-state index contributed by atoms with van der Waals surface area (Å²) in [7, 11) is 3.30. The molecule has 50 heavy (non-hydrogen) atoms. The van der Waals surface area contributed by atoms with E-state index >= 15 is 4.39 Å². The van der Waals surface area contributed by atoms with Crippen LogP contribution < -0.4 is 10.3 Å². The predicted molar refractivity (Wildman–Crippen MR) is 194 cm³/mol. The molecule has 1 aromatic heterocycles. The Hall–Kier alpha value is -4.26. The lowest BCUT2D eigenvalue weighted by atomic mass is 9.90. The topological polar surface area (TPSA) is 81.8 Å². The number of carbonyl (C=O) groups is 1. The number of methoxy groups -OCH3 is 1. The first kappa shape index (κ1) is 35.6. The first-order valence-electron chi connectivity index (χ1n) is 17.7. The SMILES string of the molecule is COc1cc(-c2cn(C)c(=O)c(C)c2C)cc(F)c1CN1CCN(Cc2ccc3c(c2)[C@@H](C)N(C(=O)/C(C#N)=C/C(C)(C)C)CC3)C2(CC2)C1.